The molecule has 15 heteroatoms. The maximum absolute atomic E-state index is 13.3. The molecule has 1 aromatic rings. The predicted molar refractivity (Wildman–Crippen MR) is 171 cm³/mol. The molecule has 5 atom stereocenters. The monoisotopic (exact) mass is 658 g/mol. The largest absolute Gasteiger partial charge is 0.441 e. The van der Waals surface area contributed by atoms with Gasteiger partial charge in [-0.25, -0.2) is 18.2 Å². The minimum Gasteiger partial charge on any atom is -0.441 e. The van der Waals surface area contributed by atoms with Gasteiger partial charge in [-0.3, -0.25) is 14.4 Å². The lowest BCUT2D eigenvalue weighted by atomic mass is 9.91. The summed E-state index contributed by atoms with van der Waals surface area (Å²) in [4.78, 5) is 55.7. The van der Waals surface area contributed by atoms with Crippen LogP contribution in [0.25, 0.3) is 0 Å². The van der Waals surface area contributed by atoms with Crippen molar-refractivity contribution in [2.45, 2.75) is 99.1 Å². The maximum atomic E-state index is 13.3. The third-order valence-corrected chi connectivity index (χ3v) is 8.16. The van der Waals surface area contributed by atoms with Gasteiger partial charge >= 0.3 is 6.09 Å². The predicted octanol–water partition coefficient (Wildman–Crippen LogP) is 1.20. The normalized spacial score (nSPS) is 15.2. The minimum atomic E-state index is -3.72. The Morgan fingerprint density at radius 1 is 0.933 bits per heavy atom. The van der Waals surface area contributed by atoms with Gasteiger partial charge in [0.15, 0.2) is 6.61 Å². The molecule has 0 aliphatic heterocycles. The standard InChI is InChI=1S/C30H54N6O8S/c1-17(2)11-22(24(37)12-20(7)27(38)35-26(19(5)6)29(40)32-13-18(3)4)33-28(39)23(16-45(10,42)43)34-30(41)44-15-25-31-14-21(8)36(25)9/h14,17-20,22-24,26,37H,11-13,15-16H2,1-10H3,(H,32,40)(H,33,39)(H,34,41)(H,35,38)/t20-,22-,23+,24+,26-/m1/s1. The molecule has 0 saturated carbocycles. The number of aliphatic hydroxyl groups is 1. The van der Waals surface area contributed by atoms with Crippen LogP contribution in [0.2, 0.25) is 0 Å². The number of aromatic nitrogens is 2. The van der Waals surface area contributed by atoms with E-state index in [0.717, 1.165) is 11.9 Å². The molecular weight excluding hydrogens is 604 g/mol. The van der Waals surface area contributed by atoms with E-state index in [1.165, 1.54) is 0 Å². The van der Waals surface area contributed by atoms with Crippen molar-refractivity contribution in [2.75, 3.05) is 18.6 Å². The van der Waals surface area contributed by atoms with Gasteiger partial charge < -0.3 is 35.7 Å². The van der Waals surface area contributed by atoms with Crippen molar-refractivity contribution in [3.63, 3.8) is 0 Å². The summed E-state index contributed by atoms with van der Waals surface area (Å²) in [5.74, 6) is -2.43. The Labute approximate surface area is 267 Å². The molecular formula is C30H54N6O8S. The van der Waals surface area contributed by atoms with Gasteiger partial charge in [0.25, 0.3) is 0 Å². The smallest absolute Gasteiger partial charge is 0.408 e. The first-order valence-electron chi connectivity index (χ1n) is 15.4. The molecule has 1 aromatic heterocycles. The fourth-order valence-electron chi connectivity index (χ4n) is 4.46. The Morgan fingerprint density at radius 2 is 1.56 bits per heavy atom. The molecule has 0 radical (unpaired) electrons. The molecule has 0 bridgehead atoms. The van der Waals surface area contributed by atoms with Crippen LogP contribution in [-0.4, -0.2) is 89.7 Å². The van der Waals surface area contributed by atoms with Crippen molar-refractivity contribution in [1.29, 1.82) is 0 Å². The second kappa shape index (κ2) is 18.1. The zero-order valence-corrected chi connectivity index (χ0v) is 29.2. The summed E-state index contributed by atoms with van der Waals surface area (Å²) in [6, 6.07) is -3.13. The average Bonchev–Trinajstić information content (AvgIpc) is 3.23. The number of nitrogens with one attached hydrogen (secondary N) is 4. The number of ether oxygens (including phenoxy) is 1. The van der Waals surface area contributed by atoms with Gasteiger partial charge in [-0.05, 0) is 37.5 Å². The van der Waals surface area contributed by atoms with E-state index in [4.69, 9.17) is 4.74 Å². The lowest BCUT2D eigenvalue weighted by Gasteiger charge is -2.30. The minimum absolute atomic E-state index is 0.0107. The van der Waals surface area contributed by atoms with E-state index in [2.05, 4.69) is 26.3 Å². The summed E-state index contributed by atoms with van der Waals surface area (Å²) >= 11 is 0. The van der Waals surface area contributed by atoms with Gasteiger partial charge in [0.1, 0.15) is 27.7 Å². The van der Waals surface area contributed by atoms with Gasteiger partial charge in [0, 0.05) is 37.7 Å². The molecule has 1 rings (SSSR count). The van der Waals surface area contributed by atoms with Gasteiger partial charge in [-0.15, -0.1) is 0 Å². The van der Waals surface area contributed by atoms with Crippen molar-refractivity contribution in [3.05, 3.63) is 17.7 Å². The quantitative estimate of drug-likeness (QED) is 0.154. The molecule has 14 nitrogen and oxygen atoms in total. The van der Waals surface area contributed by atoms with Crippen LogP contribution in [0.3, 0.4) is 0 Å². The first-order chi connectivity index (χ1) is 20.7. The van der Waals surface area contributed by atoms with Gasteiger partial charge in [-0.2, -0.15) is 0 Å². The fraction of sp³-hybridized carbons (Fsp3) is 0.767. The highest BCUT2D eigenvalue weighted by Gasteiger charge is 2.33. The van der Waals surface area contributed by atoms with E-state index in [-0.39, 0.29) is 36.7 Å². The van der Waals surface area contributed by atoms with Crippen LogP contribution in [-0.2, 0) is 42.6 Å². The first-order valence-corrected chi connectivity index (χ1v) is 17.4. The van der Waals surface area contributed by atoms with Gasteiger partial charge in [0.2, 0.25) is 17.7 Å². The van der Waals surface area contributed by atoms with Crippen LogP contribution in [0.4, 0.5) is 4.79 Å². The van der Waals surface area contributed by atoms with E-state index in [9.17, 15) is 32.7 Å². The lowest BCUT2D eigenvalue weighted by molar-refractivity contribution is -0.132. The van der Waals surface area contributed by atoms with Crippen LogP contribution >= 0.6 is 0 Å². The Balaban J connectivity index is 2.98. The zero-order valence-electron chi connectivity index (χ0n) is 28.3. The molecule has 0 aliphatic carbocycles. The number of carbonyl (C=O) groups excluding carboxylic acids is 4. The average molecular weight is 659 g/mol. The number of nitrogens with zero attached hydrogens (tertiary/aromatic N) is 2. The summed E-state index contributed by atoms with van der Waals surface area (Å²) in [6.07, 6.45) is 0.601. The number of sulfone groups is 1. The number of aryl methyl sites for hydroxylation is 1. The molecule has 1 heterocycles. The molecule has 0 aromatic carbocycles. The number of amides is 4. The summed E-state index contributed by atoms with van der Waals surface area (Å²) < 4.78 is 31.1. The number of aliphatic hydroxyl groups excluding tert-OH is 1. The zero-order chi connectivity index (χ0) is 34.6. The van der Waals surface area contributed by atoms with E-state index in [0.29, 0.717) is 18.8 Å². The third-order valence-electron chi connectivity index (χ3n) is 7.22. The Morgan fingerprint density at radius 3 is 2.04 bits per heavy atom. The third kappa shape index (κ3) is 14.6. The summed E-state index contributed by atoms with van der Waals surface area (Å²) in [5.41, 5.74) is 0.844. The molecule has 0 unspecified atom stereocenters. The molecule has 0 aliphatic rings. The maximum Gasteiger partial charge on any atom is 0.408 e. The number of imidazole rings is 1. The Bertz CT molecular complexity index is 1250. The second-order valence-corrected chi connectivity index (χ2v) is 15.2. The van der Waals surface area contributed by atoms with Crippen molar-refractivity contribution in [1.82, 2.24) is 30.8 Å². The molecule has 5 N–H and O–H groups in total. The van der Waals surface area contributed by atoms with Crippen molar-refractivity contribution < 1.29 is 37.4 Å². The number of rotatable bonds is 18. The fourth-order valence-corrected chi connectivity index (χ4v) is 5.30. The molecule has 258 valence electrons. The van der Waals surface area contributed by atoms with E-state index < -0.39 is 63.6 Å². The Kier molecular flexibility index (Phi) is 16.0. The first kappa shape index (κ1) is 39.8. The molecule has 0 saturated heterocycles. The molecule has 0 spiro atoms. The summed E-state index contributed by atoms with van der Waals surface area (Å²) in [5, 5.41) is 21.7. The van der Waals surface area contributed by atoms with E-state index >= 15 is 0 Å². The highest BCUT2D eigenvalue weighted by atomic mass is 32.2. The highest BCUT2D eigenvalue weighted by molar-refractivity contribution is 7.90. The number of carbonyl (C=O) groups is 4. The molecule has 45 heavy (non-hydrogen) atoms. The van der Waals surface area contributed by atoms with Crippen LogP contribution in [0.15, 0.2) is 6.20 Å². The lowest BCUT2D eigenvalue weighted by Crippen LogP contribution is -2.55. The van der Waals surface area contributed by atoms with E-state index in [1.807, 2.05) is 48.5 Å². The van der Waals surface area contributed by atoms with Crippen LogP contribution in [0.5, 0.6) is 0 Å². The van der Waals surface area contributed by atoms with Crippen molar-refractivity contribution in [2.24, 2.45) is 30.7 Å². The van der Waals surface area contributed by atoms with Crippen molar-refractivity contribution >= 4 is 33.7 Å². The summed E-state index contributed by atoms with van der Waals surface area (Å²) in [7, 11) is -1.98. The Hall–Kier alpha value is -3.20. The van der Waals surface area contributed by atoms with Crippen LogP contribution in [0, 0.1) is 30.6 Å². The number of alkyl carbamates (subject to hydrolysis) is 1. The summed E-state index contributed by atoms with van der Waals surface area (Å²) in [6.45, 7) is 15.1. The van der Waals surface area contributed by atoms with Gasteiger partial charge in [0.05, 0.1) is 17.9 Å². The van der Waals surface area contributed by atoms with Crippen molar-refractivity contribution in [3.8, 4) is 0 Å². The van der Waals surface area contributed by atoms with Crippen LogP contribution in [0.1, 0.15) is 72.8 Å². The second-order valence-electron chi connectivity index (χ2n) is 13.1. The van der Waals surface area contributed by atoms with E-state index in [1.54, 1.807) is 24.7 Å². The molecule has 4 amide bonds. The molecule has 0 fully saturated rings. The van der Waals surface area contributed by atoms with Gasteiger partial charge in [-0.1, -0.05) is 48.5 Å². The van der Waals surface area contributed by atoms with Crippen LogP contribution < -0.4 is 21.3 Å². The number of hydrogen-bond donors (Lipinski definition) is 5. The number of hydrogen-bond acceptors (Lipinski definition) is 9. The highest BCUT2D eigenvalue weighted by Crippen LogP contribution is 2.17. The topological polar surface area (TPSA) is 198 Å². The SMILES string of the molecule is Cc1cnc(COC(=O)N[C@@H](CS(C)(=O)=O)C(=O)N[C@H](CC(C)C)[C@@H](O)C[C@@H](C)C(=O)N[C@@H](C(=O)NCC(C)C)C(C)C)n1C.